The van der Waals surface area contributed by atoms with Crippen molar-refractivity contribution < 1.29 is 40.0 Å². The monoisotopic (exact) mass is 672 g/mol. The number of azide groups is 2. The summed E-state index contributed by atoms with van der Waals surface area (Å²) < 4.78 is 64.9. The molecule has 0 atom stereocenters. The van der Waals surface area contributed by atoms with Crippen LogP contribution in [0.1, 0.15) is 54.2 Å². The molecule has 0 heterocycles. The van der Waals surface area contributed by atoms with Gasteiger partial charge in [0.25, 0.3) is 0 Å². The fourth-order valence-corrected chi connectivity index (χ4v) is 3.90. The average molecular weight is 673 g/mol. The molecule has 0 bridgehead atoms. The normalized spacial score (nSPS) is 12.6. The van der Waals surface area contributed by atoms with Crippen LogP contribution < -0.4 is 5.32 Å². The minimum absolute atomic E-state index is 0.293. The van der Waals surface area contributed by atoms with E-state index in [1.807, 2.05) is 69.3 Å². The molecule has 3 rings (SSSR count). The first-order valence-corrected chi connectivity index (χ1v) is 15.8. The van der Waals surface area contributed by atoms with Crippen molar-refractivity contribution in [3.05, 3.63) is 127 Å². The van der Waals surface area contributed by atoms with E-state index in [1.165, 1.54) is 11.1 Å². The summed E-state index contributed by atoms with van der Waals surface area (Å²) in [5.74, 6) is 0. The molecule has 3 aromatic rings. The van der Waals surface area contributed by atoms with Crippen molar-refractivity contribution >= 4 is 13.9 Å². The summed E-state index contributed by atoms with van der Waals surface area (Å²) >= 11 is 0. The van der Waals surface area contributed by atoms with Gasteiger partial charge in [0.05, 0.1) is 13.1 Å². The van der Waals surface area contributed by atoms with E-state index in [2.05, 4.69) is 49.6 Å². The first-order valence-electron chi connectivity index (χ1n) is 13.8. The maximum absolute atomic E-state index is 13.0. The number of carbonyl (C=O) groups is 1. The van der Waals surface area contributed by atoms with Crippen LogP contribution in [0.4, 0.5) is 30.0 Å². The fraction of sp³-hybridized carbons (Fsp3) is 0.345. The molecule has 2 N–H and O–H groups in total. The van der Waals surface area contributed by atoms with E-state index in [-0.39, 0.29) is 6.09 Å². The summed E-state index contributed by atoms with van der Waals surface area (Å²) in [5, 5.41) is 9.41. The molecule has 0 saturated heterocycles. The molecule has 0 aliphatic rings. The SMILES string of the molecule is CC(C)(C)OC(=O)N(Cc1ccc(CN=[N+]=[N-])cc1)Cc1ccc(C[NH2+]Cc2ccc(CN=[N+]=[N-])cc2)cc1.F[P-](F)(F)(F)(F)F. The Morgan fingerprint density at radius 3 is 1.30 bits per heavy atom. The van der Waals surface area contributed by atoms with Gasteiger partial charge in [-0.05, 0) is 54.1 Å². The van der Waals surface area contributed by atoms with Crippen LogP contribution in [0.3, 0.4) is 0 Å². The van der Waals surface area contributed by atoms with Crippen LogP contribution in [0.25, 0.3) is 20.9 Å². The predicted octanol–water partition coefficient (Wildman–Crippen LogP) is 9.89. The Bertz CT molecular complexity index is 1520. The van der Waals surface area contributed by atoms with Crippen molar-refractivity contribution in [1.82, 2.24) is 4.90 Å². The third-order valence-corrected chi connectivity index (χ3v) is 5.86. The summed E-state index contributed by atoms with van der Waals surface area (Å²) in [6.45, 7) is 8.72. The maximum atomic E-state index is 13.0. The van der Waals surface area contributed by atoms with Crippen LogP contribution in [-0.4, -0.2) is 16.6 Å². The standard InChI is InChI=1S/C29H34N8O2.F6P/c1-29(2,3)39-28(38)37(21-27-14-10-25(11-15-27)19-34-36-31)20-26-12-8-23(9-13-26)17-32-16-22-4-6-24(7-5-22)18-33-35-30;1-7(2,3,4,5)6/h4-15,32H,16-21H2,1-3H3;/q;-1/p+1. The molecule has 0 aliphatic carbocycles. The van der Waals surface area contributed by atoms with Crippen molar-refractivity contribution in [2.24, 2.45) is 10.2 Å². The number of benzene rings is 3. The number of hydrogen-bond acceptors (Lipinski definition) is 4. The molecule has 0 radical (unpaired) electrons. The topological polar surface area (TPSA) is 144 Å². The van der Waals surface area contributed by atoms with E-state index < -0.39 is 13.4 Å². The second-order valence-corrected chi connectivity index (χ2v) is 13.1. The molecule has 10 nitrogen and oxygen atoms in total. The molecule has 3 aromatic carbocycles. The zero-order valence-electron chi connectivity index (χ0n) is 25.4. The quantitative estimate of drug-likeness (QED) is 0.0672. The zero-order valence-corrected chi connectivity index (χ0v) is 26.3. The Kier molecular flexibility index (Phi) is 12.5. The Labute approximate surface area is 261 Å². The fourth-order valence-electron chi connectivity index (χ4n) is 3.90. The molecule has 0 spiro atoms. The number of rotatable bonds is 12. The molecule has 0 fully saturated rings. The third kappa shape index (κ3) is 18.4. The second-order valence-electron chi connectivity index (χ2n) is 11.2. The summed E-state index contributed by atoms with van der Waals surface area (Å²) in [7, 11) is -10.7. The van der Waals surface area contributed by atoms with Crippen LogP contribution >= 0.6 is 7.81 Å². The van der Waals surface area contributed by atoms with Crippen molar-refractivity contribution in [3.8, 4) is 0 Å². The van der Waals surface area contributed by atoms with Gasteiger partial charge in [-0.3, -0.25) is 4.90 Å². The van der Waals surface area contributed by atoms with Gasteiger partial charge in [0, 0.05) is 34.0 Å². The number of ether oxygens (including phenoxy) is 1. The molecular weight excluding hydrogens is 637 g/mol. The van der Waals surface area contributed by atoms with Crippen LogP contribution in [-0.2, 0) is 44.0 Å². The Balaban J connectivity index is 0.000000942. The van der Waals surface area contributed by atoms with Gasteiger partial charge in [-0.2, -0.15) is 0 Å². The third-order valence-electron chi connectivity index (χ3n) is 5.86. The molecular formula is C29H35F6N8O2P. The average Bonchev–Trinajstić information content (AvgIpc) is 2.94. The predicted molar refractivity (Wildman–Crippen MR) is 163 cm³/mol. The van der Waals surface area contributed by atoms with Crippen LogP contribution in [0.5, 0.6) is 0 Å². The van der Waals surface area contributed by atoms with Crippen molar-refractivity contribution in [1.29, 1.82) is 0 Å². The Morgan fingerprint density at radius 1 is 0.696 bits per heavy atom. The second kappa shape index (κ2) is 15.2. The van der Waals surface area contributed by atoms with Crippen molar-refractivity contribution in [3.63, 3.8) is 0 Å². The van der Waals surface area contributed by atoms with Gasteiger partial charge in [0.15, 0.2) is 0 Å². The van der Waals surface area contributed by atoms with Gasteiger partial charge in [0.2, 0.25) is 0 Å². The van der Waals surface area contributed by atoms with Crippen molar-refractivity contribution in [2.45, 2.75) is 65.6 Å². The number of amides is 1. The van der Waals surface area contributed by atoms with Crippen LogP contribution in [0.2, 0.25) is 0 Å². The summed E-state index contributed by atoms with van der Waals surface area (Å²) in [6, 6.07) is 24.0. The van der Waals surface area contributed by atoms with Crippen LogP contribution in [0, 0.1) is 0 Å². The van der Waals surface area contributed by atoms with Gasteiger partial charge in [-0.25, -0.2) is 4.79 Å². The van der Waals surface area contributed by atoms with Gasteiger partial charge < -0.3 is 10.1 Å². The number of halogens is 6. The minimum atomic E-state index is -10.7. The number of carbonyl (C=O) groups excluding carboxylic acids is 1. The number of hydrogen-bond donors (Lipinski definition) is 1. The van der Waals surface area contributed by atoms with Crippen molar-refractivity contribution in [2.75, 3.05) is 0 Å². The van der Waals surface area contributed by atoms with E-state index in [0.717, 1.165) is 35.3 Å². The van der Waals surface area contributed by atoms with E-state index in [1.54, 1.807) is 4.90 Å². The molecule has 0 saturated carbocycles. The molecule has 0 unspecified atom stereocenters. The summed E-state index contributed by atoms with van der Waals surface area (Å²) in [6.07, 6.45) is -0.372. The zero-order chi connectivity index (χ0) is 34.5. The van der Waals surface area contributed by atoms with Gasteiger partial charge in [0.1, 0.15) is 18.7 Å². The van der Waals surface area contributed by atoms with Gasteiger partial charge in [-0.1, -0.05) is 83.0 Å². The van der Waals surface area contributed by atoms with E-state index in [9.17, 15) is 30.0 Å². The van der Waals surface area contributed by atoms with Crippen LogP contribution in [0.15, 0.2) is 83.0 Å². The summed E-state index contributed by atoms with van der Waals surface area (Å²) in [4.78, 5) is 20.3. The van der Waals surface area contributed by atoms with Gasteiger partial charge >= 0.3 is 39.1 Å². The Hall–Kier alpha value is -4.48. The number of quaternary nitrogens is 1. The molecule has 1 amide bonds. The molecule has 0 aliphatic heterocycles. The molecule has 250 valence electrons. The van der Waals surface area contributed by atoms with E-state index in [4.69, 9.17) is 15.8 Å². The van der Waals surface area contributed by atoms with Gasteiger partial charge in [-0.15, -0.1) is 0 Å². The molecule has 17 heteroatoms. The Morgan fingerprint density at radius 2 is 1.00 bits per heavy atom. The van der Waals surface area contributed by atoms with E-state index in [0.29, 0.717) is 26.2 Å². The first-order chi connectivity index (χ1) is 21.2. The first kappa shape index (κ1) is 37.7. The molecule has 46 heavy (non-hydrogen) atoms. The molecule has 0 aromatic heterocycles. The number of nitrogens with zero attached hydrogens (tertiary/aromatic N) is 7. The summed E-state index contributed by atoms with van der Waals surface area (Å²) in [5.41, 5.74) is 22.6. The number of nitrogens with two attached hydrogens (primary N) is 1. The van der Waals surface area contributed by atoms with E-state index >= 15 is 0 Å².